The molecule has 1 heterocycles. The Morgan fingerprint density at radius 3 is 2.45 bits per heavy atom. The summed E-state index contributed by atoms with van der Waals surface area (Å²) in [6, 6.07) is 1.83. The van der Waals surface area contributed by atoms with Crippen molar-refractivity contribution in [3.63, 3.8) is 0 Å². The predicted octanol–water partition coefficient (Wildman–Crippen LogP) is 3.89. The van der Waals surface area contributed by atoms with Gasteiger partial charge in [-0.1, -0.05) is 0 Å². The molecule has 0 unspecified atom stereocenters. The predicted molar refractivity (Wildman–Crippen MR) is 85.4 cm³/mol. The summed E-state index contributed by atoms with van der Waals surface area (Å²) in [5.41, 5.74) is 0.823. The Balaban J connectivity index is 1.56. The first-order chi connectivity index (χ1) is 10.7. The quantitative estimate of drug-likeness (QED) is 0.791. The highest BCUT2D eigenvalue weighted by Crippen LogP contribution is 2.60. The van der Waals surface area contributed by atoms with Gasteiger partial charge in [0.25, 0.3) is 0 Å². The molecule has 0 spiro atoms. The van der Waals surface area contributed by atoms with Crippen LogP contribution in [0, 0.1) is 23.2 Å². The number of carbonyl (C=O) groups is 1. The van der Waals surface area contributed by atoms with Gasteiger partial charge in [-0.15, -0.1) is 0 Å². The van der Waals surface area contributed by atoms with E-state index in [1.54, 1.807) is 25.6 Å². The van der Waals surface area contributed by atoms with Crippen molar-refractivity contribution in [3.8, 4) is 5.75 Å². The van der Waals surface area contributed by atoms with E-state index in [1.807, 2.05) is 12.1 Å². The van der Waals surface area contributed by atoms with Crippen LogP contribution in [0.25, 0.3) is 6.08 Å². The van der Waals surface area contributed by atoms with Crippen molar-refractivity contribution in [3.05, 3.63) is 30.1 Å². The van der Waals surface area contributed by atoms with E-state index in [1.165, 1.54) is 19.3 Å². The van der Waals surface area contributed by atoms with Crippen LogP contribution >= 0.6 is 0 Å². The van der Waals surface area contributed by atoms with Crippen molar-refractivity contribution >= 4 is 11.9 Å². The molecule has 0 radical (unpaired) electrons. The minimum Gasteiger partial charge on any atom is -0.496 e. The third-order valence-corrected chi connectivity index (χ3v) is 6.01. The van der Waals surface area contributed by atoms with E-state index in [0.29, 0.717) is 5.78 Å². The molecule has 0 aromatic carbocycles. The van der Waals surface area contributed by atoms with Crippen LogP contribution in [-0.2, 0) is 4.79 Å². The highest BCUT2D eigenvalue weighted by atomic mass is 16.5. The molecule has 3 heteroatoms. The maximum Gasteiger partial charge on any atom is 0.161 e. The van der Waals surface area contributed by atoms with E-state index in [4.69, 9.17) is 4.74 Å². The van der Waals surface area contributed by atoms with Crippen LogP contribution in [-0.4, -0.2) is 17.9 Å². The van der Waals surface area contributed by atoms with Gasteiger partial charge in [0.05, 0.1) is 7.11 Å². The topological polar surface area (TPSA) is 39.2 Å². The van der Waals surface area contributed by atoms with E-state index in [-0.39, 0.29) is 5.41 Å². The van der Waals surface area contributed by atoms with Crippen LogP contribution in [0.4, 0.5) is 0 Å². The number of allylic oxidation sites excluding steroid dienone is 1. The van der Waals surface area contributed by atoms with E-state index >= 15 is 0 Å². The largest absolute Gasteiger partial charge is 0.496 e. The Morgan fingerprint density at radius 2 is 1.86 bits per heavy atom. The Labute approximate surface area is 131 Å². The summed E-state index contributed by atoms with van der Waals surface area (Å²) in [5, 5.41) is 0. The molecule has 22 heavy (non-hydrogen) atoms. The van der Waals surface area contributed by atoms with Gasteiger partial charge in [0, 0.05) is 23.4 Å². The number of nitrogens with zero attached hydrogens (tertiary/aromatic N) is 1. The highest BCUT2D eigenvalue weighted by molar-refractivity contribution is 5.98. The summed E-state index contributed by atoms with van der Waals surface area (Å²) in [4.78, 5) is 17.0. The molecule has 4 saturated carbocycles. The molecule has 3 nitrogen and oxygen atoms in total. The number of carbonyl (C=O) groups excluding carboxylic acids is 1. The number of pyridine rings is 1. The van der Waals surface area contributed by atoms with Crippen molar-refractivity contribution < 1.29 is 9.53 Å². The van der Waals surface area contributed by atoms with Gasteiger partial charge < -0.3 is 4.74 Å². The van der Waals surface area contributed by atoms with E-state index in [0.717, 1.165) is 48.3 Å². The van der Waals surface area contributed by atoms with Gasteiger partial charge in [-0.25, -0.2) is 0 Å². The Morgan fingerprint density at radius 1 is 1.23 bits per heavy atom. The number of hydrogen-bond donors (Lipinski definition) is 0. The van der Waals surface area contributed by atoms with Crippen LogP contribution in [0.15, 0.2) is 24.5 Å². The van der Waals surface area contributed by atoms with Gasteiger partial charge >= 0.3 is 0 Å². The van der Waals surface area contributed by atoms with Crippen molar-refractivity contribution in [1.29, 1.82) is 0 Å². The fourth-order valence-electron chi connectivity index (χ4n) is 5.46. The van der Waals surface area contributed by atoms with Crippen molar-refractivity contribution in [2.45, 2.75) is 38.5 Å². The van der Waals surface area contributed by atoms with Gasteiger partial charge in [0.15, 0.2) is 5.78 Å². The van der Waals surface area contributed by atoms with Gasteiger partial charge in [0.2, 0.25) is 0 Å². The van der Waals surface area contributed by atoms with Gasteiger partial charge in [-0.05, 0) is 74.5 Å². The molecular weight excluding hydrogens is 274 g/mol. The molecule has 0 atom stereocenters. The zero-order valence-electron chi connectivity index (χ0n) is 13.1. The molecule has 0 N–H and O–H groups in total. The average molecular weight is 297 g/mol. The summed E-state index contributed by atoms with van der Waals surface area (Å²) in [5.74, 6) is 3.51. The van der Waals surface area contributed by atoms with E-state index in [9.17, 15) is 4.79 Å². The maximum absolute atomic E-state index is 12.9. The molecule has 4 aliphatic rings. The number of aromatic nitrogens is 1. The summed E-state index contributed by atoms with van der Waals surface area (Å²) in [6.45, 7) is 0. The smallest absolute Gasteiger partial charge is 0.161 e. The summed E-state index contributed by atoms with van der Waals surface area (Å²) in [6.07, 6.45) is 14.6. The van der Waals surface area contributed by atoms with Crippen LogP contribution in [0.5, 0.6) is 5.75 Å². The summed E-state index contributed by atoms with van der Waals surface area (Å²) in [7, 11) is 1.65. The number of ether oxygens (including phenoxy) is 1. The monoisotopic (exact) mass is 297 g/mol. The molecule has 0 saturated heterocycles. The third kappa shape index (κ3) is 2.27. The second kappa shape index (κ2) is 5.22. The molecular formula is C19H23NO2. The van der Waals surface area contributed by atoms with Crippen molar-refractivity contribution in [2.24, 2.45) is 23.2 Å². The van der Waals surface area contributed by atoms with Gasteiger partial charge in [-0.2, -0.15) is 0 Å². The normalized spacial score (nSPS) is 36.0. The van der Waals surface area contributed by atoms with Crippen molar-refractivity contribution in [1.82, 2.24) is 4.98 Å². The second-order valence-corrected chi connectivity index (χ2v) is 7.51. The average Bonchev–Trinajstić information content (AvgIpc) is 2.51. The lowest BCUT2D eigenvalue weighted by molar-refractivity contribution is -0.138. The standard InChI is InChI=1S/C19H23NO2/c1-22-17-4-5-20-12-16(17)2-3-18(21)19-9-13-6-14(10-19)8-15(7-13)11-19/h2-5,12-15H,6-11H2,1H3. The van der Waals surface area contributed by atoms with Crippen LogP contribution in [0.3, 0.4) is 0 Å². The zero-order valence-corrected chi connectivity index (χ0v) is 13.1. The Kier molecular flexibility index (Phi) is 3.32. The first-order valence-corrected chi connectivity index (χ1v) is 8.39. The minimum absolute atomic E-state index is 0.0549. The first kappa shape index (κ1) is 14.0. The number of hydrogen-bond acceptors (Lipinski definition) is 3. The van der Waals surface area contributed by atoms with E-state index in [2.05, 4.69) is 4.98 Å². The fraction of sp³-hybridized carbons (Fsp3) is 0.579. The fourth-order valence-corrected chi connectivity index (χ4v) is 5.46. The lowest BCUT2D eigenvalue weighted by Crippen LogP contribution is -2.49. The molecule has 0 aliphatic heterocycles. The van der Waals surface area contributed by atoms with Crippen LogP contribution < -0.4 is 4.74 Å². The van der Waals surface area contributed by atoms with Crippen LogP contribution in [0.1, 0.15) is 44.1 Å². The molecule has 1 aromatic rings. The van der Waals surface area contributed by atoms with Crippen LogP contribution in [0.2, 0.25) is 0 Å². The van der Waals surface area contributed by atoms with Crippen molar-refractivity contribution in [2.75, 3.05) is 7.11 Å². The summed E-state index contributed by atoms with van der Waals surface area (Å²) < 4.78 is 5.32. The SMILES string of the molecule is COc1ccncc1C=CC(=O)C12CC3CC(CC(C3)C1)C2. The Bertz CT molecular complexity index is 584. The zero-order chi connectivity index (χ0) is 15.2. The highest BCUT2D eigenvalue weighted by Gasteiger charge is 2.53. The molecule has 4 fully saturated rings. The molecule has 0 amide bonds. The molecule has 1 aromatic heterocycles. The number of methoxy groups -OCH3 is 1. The number of rotatable bonds is 4. The van der Waals surface area contributed by atoms with Gasteiger partial charge in [0.1, 0.15) is 5.75 Å². The maximum atomic E-state index is 12.9. The molecule has 4 aliphatic carbocycles. The first-order valence-electron chi connectivity index (χ1n) is 8.39. The second-order valence-electron chi connectivity index (χ2n) is 7.51. The Hall–Kier alpha value is -1.64. The minimum atomic E-state index is -0.0549. The number of ketones is 1. The third-order valence-electron chi connectivity index (χ3n) is 6.01. The molecule has 116 valence electrons. The van der Waals surface area contributed by atoms with E-state index < -0.39 is 0 Å². The molecule has 4 bridgehead atoms. The lowest BCUT2D eigenvalue weighted by atomic mass is 9.48. The molecule has 5 rings (SSSR count). The lowest BCUT2D eigenvalue weighted by Gasteiger charge is -2.55. The van der Waals surface area contributed by atoms with Gasteiger partial charge in [-0.3, -0.25) is 9.78 Å². The summed E-state index contributed by atoms with van der Waals surface area (Å²) >= 11 is 0.